The van der Waals surface area contributed by atoms with Gasteiger partial charge in [-0.1, -0.05) is 96.5 Å². The number of amides is 3. The molecule has 2 aromatic rings. The molecule has 0 bridgehead atoms. The molecule has 0 heterocycles. The van der Waals surface area contributed by atoms with Gasteiger partial charge in [-0.25, -0.2) is 4.79 Å². The van der Waals surface area contributed by atoms with Gasteiger partial charge in [-0.3, -0.25) is 19.3 Å². The van der Waals surface area contributed by atoms with Crippen molar-refractivity contribution >= 4 is 30.2 Å². The number of hydrogen-bond donors (Lipinski definition) is 1. The molecule has 274 valence electrons. The average Bonchev–Trinajstić information content (AvgIpc) is 3.37. The molecule has 3 amide bonds. The Morgan fingerprint density at radius 3 is 1.86 bits per heavy atom. The molecule has 5 atom stereocenters. The molecule has 0 fully saturated rings. The molecule has 1 unspecified atom stereocenters. The summed E-state index contributed by atoms with van der Waals surface area (Å²) in [6.07, 6.45) is 0.552. The van der Waals surface area contributed by atoms with E-state index in [2.05, 4.69) is 17.4 Å². The fraction of sp³-hybridized carbons (Fsp3) is 0.575. The van der Waals surface area contributed by atoms with Crippen molar-refractivity contribution in [2.75, 3.05) is 20.7 Å². The van der Waals surface area contributed by atoms with Gasteiger partial charge in [0.15, 0.2) is 0 Å². The first-order valence-corrected chi connectivity index (χ1v) is 17.7. The monoisotopic (exact) mass is 691 g/mol. The minimum Gasteiger partial charge on any atom is -0.460 e. The van der Waals surface area contributed by atoms with Crippen LogP contribution in [-0.4, -0.2) is 84.4 Å². The maximum absolute atomic E-state index is 14.1. The molecule has 50 heavy (non-hydrogen) atoms. The smallest absolute Gasteiger partial charge is 0.410 e. The lowest BCUT2D eigenvalue weighted by Gasteiger charge is -2.39. The zero-order valence-electron chi connectivity index (χ0n) is 31.7. The van der Waals surface area contributed by atoms with Gasteiger partial charge in [0, 0.05) is 32.0 Å². The molecule has 1 aliphatic rings. The number of carbonyl (C=O) groups is 5. The second-order valence-electron chi connectivity index (χ2n) is 15.2. The van der Waals surface area contributed by atoms with Crippen molar-refractivity contribution in [3.8, 4) is 11.1 Å². The second kappa shape index (κ2) is 17.1. The molecule has 1 aliphatic carbocycles. The number of carbonyl (C=O) groups excluding carboxylic acids is 5. The summed E-state index contributed by atoms with van der Waals surface area (Å²) in [6, 6.07) is 13.7. The van der Waals surface area contributed by atoms with Crippen LogP contribution in [0.3, 0.4) is 0 Å². The largest absolute Gasteiger partial charge is 0.460 e. The predicted octanol–water partition coefficient (Wildman–Crippen LogP) is 6.45. The molecule has 0 saturated carbocycles. The Balaban J connectivity index is 1.77. The molecule has 0 spiro atoms. The van der Waals surface area contributed by atoms with Gasteiger partial charge in [0.25, 0.3) is 0 Å². The Hall–Kier alpha value is -4.21. The van der Waals surface area contributed by atoms with E-state index in [1.165, 1.54) is 16.8 Å². The van der Waals surface area contributed by atoms with E-state index in [1.54, 1.807) is 27.8 Å². The van der Waals surface area contributed by atoms with E-state index in [9.17, 15) is 24.0 Å². The van der Waals surface area contributed by atoms with Gasteiger partial charge in [-0.2, -0.15) is 0 Å². The van der Waals surface area contributed by atoms with E-state index in [0.29, 0.717) is 12.7 Å². The molecule has 0 radical (unpaired) electrons. The van der Waals surface area contributed by atoms with Crippen molar-refractivity contribution in [3.63, 3.8) is 0 Å². The summed E-state index contributed by atoms with van der Waals surface area (Å²) in [4.78, 5) is 69.5. The van der Waals surface area contributed by atoms with Crippen LogP contribution in [0.1, 0.15) is 92.2 Å². The first-order chi connectivity index (χ1) is 23.4. The van der Waals surface area contributed by atoms with E-state index in [0.717, 1.165) is 22.3 Å². The highest BCUT2D eigenvalue weighted by Gasteiger charge is 2.40. The second-order valence-corrected chi connectivity index (χ2v) is 15.2. The van der Waals surface area contributed by atoms with Crippen LogP contribution in [0.25, 0.3) is 11.1 Å². The lowest BCUT2D eigenvalue weighted by atomic mass is 9.84. The summed E-state index contributed by atoms with van der Waals surface area (Å²) >= 11 is 0. The fourth-order valence-corrected chi connectivity index (χ4v) is 7.01. The van der Waals surface area contributed by atoms with Crippen LogP contribution in [0.4, 0.5) is 4.79 Å². The maximum atomic E-state index is 14.1. The number of nitrogens with one attached hydrogen (secondary N) is 1. The molecule has 1 N–H and O–H groups in total. The summed E-state index contributed by atoms with van der Waals surface area (Å²) in [5.41, 5.74) is 3.69. The quantitative estimate of drug-likeness (QED) is 0.168. The maximum Gasteiger partial charge on any atom is 0.410 e. The van der Waals surface area contributed by atoms with Crippen molar-refractivity contribution < 1.29 is 33.4 Å². The number of nitrogens with zero attached hydrogens (tertiary/aromatic N) is 2. The SMILES string of the molecule is CCC(C)[C@@H]([C@H](C=O)CC(=O)OC(C)(C)C)N(C)C(=O)[C@@H](NC(=O)[C@H](C(C)C)N(C)C(=O)OCC1c2ccccc2-c2ccccc21)C(C)C. The van der Waals surface area contributed by atoms with E-state index in [4.69, 9.17) is 9.47 Å². The van der Waals surface area contributed by atoms with Crippen LogP contribution in [0.15, 0.2) is 48.5 Å². The number of likely N-dealkylation sites (N-methyl/N-ethyl adjacent to an activating group) is 2. The van der Waals surface area contributed by atoms with Gasteiger partial charge < -0.3 is 24.5 Å². The normalized spacial score (nSPS) is 15.6. The molecule has 10 heteroatoms. The number of esters is 1. The van der Waals surface area contributed by atoms with E-state index in [1.807, 2.05) is 77.9 Å². The molecule has 0 aromatic heterocycles. The van der Waals surface area contributed by atoms with Crippen LogP contribution in [0.5, 0.6) is 0 Å². The zero-order valence-corrected chi connectivity index (χ0v) is 31.7. The third-order valence-corrected chi connectivity index (χ3v) is 9.63. The van der Waals surface area contributed by atoms with Crippen molar-refractivity contribution in [2.45, 2.75) is 105 Å². The summed E-state index contributed by atoms with van der Waals surface area (Å²) < 4.78 is 11.3. The number of fused-ring (bicyclic) bond motifs is 3. The number of aldehydes is 1. The van der Waals surface area contributed by atoms with Crippen molar-refractivity contribution in [2.24, 2.45) is 23.7 Å². The highest BCUT2D eigenvalue weighted by Crippen LogP contribution is 2.44. The van der Waals surface area contributed by atoms with Crippen molar-refractivity contribution in [1.29, 1.82) is 0 Å². The lowest BCUT2D eigenvalue weighted by Crippen LogP contribution is -2.59. The number of benzene rings is 2. The standard InChI is InChI=1S/C40H57N3O7/c1-12-26(6)36(27(22-44)21-33(45)50-40(7,8)9)42(10)38(47)34(24(2)3)41-37(46)35(25(4)5)43(11)39(48)49-23-32-30-19-15-13-17-28(30)29-18-14-16-20-31(29)32/h13-20,22,24-27,32,34-36H,12,21,23H2,1-11H3,(H,41,46)/t26?,27-,34-,35-,36-/m0/s1. The van der Waals surface area contributed by atoms with Gasteiger partial charge in [0.05, 0.1) is 6.42 Å². The Labute approximate surface area is 298 Å². The van der Waals surface area contributed by atoms with Crippen LogP contribution < -0.4 is 5.32 Å². The van der Waals surface area contributed by atoms with Gasteiger partial charge in [0.2, 0.25) is 11.8 Å². The molecule has 10 nitrogen and oxygen atoms in total. The highest BCUT2D eigenvalue weighted by molar-refractivity contribution is 5.92. The summed E-state index contributed by atoms with van der Waals surface area (Å²) in [6.45, 7) is 16.6. The minimum atomic E-state index is -0.954. The number of rotatable bonds is 15. The molecule has 0 aliphatic heterocycles. The number of hydrogen-bond acceptors (Lipinski definition) is 7. The summed E-state index contributed by atoms with van der Waals surface area (Å²) in [5, 5.41) is 2.92. The van der Waals surface area contributed by atoms with Gasteiger partial charge in [0.1, 0.15) is 30.6 Å². The summed E-state index contributed by atoms with van der Waals surface area (Å²) in [7, 11) is 3.14. The highest BCUT2D eigenvalue weighted by atomic mass is 16.6. The first kappa shape index (κ1) is 40.2. The van der Waals surface area contributed by atoms with Gasteiger partial charge >= 0.3 is 12.1 Å². The molecule has 0 saturated heterocycles. The molecular weight excluding hydrogens is 634 g/mol. The van der Waals surface area contributed by atoms with Crippen molar-refractivity contribution in [3.05, 3.63) is 59.7 Å². The minimum absolute atomic E-state index is 0.111. The first-order valence-electron chi connectivity index (χ1n) is 17.7. The van der Waals surface area contributed by atoms with E-state index < -0.39 is 47.6 Å². The fourth-order valence-electron chi connectivity index (χ4n) is 7.01. The zero-order chi connectivity index (χ0) is 37.5. The molecule has 2 aromatic carbocycles. The van der Waals surface area contributed by atoms with Gasteiger partial charge in [-0.15, -0.1) is 0 Å². The van der Waals surface area contributed by atoms with Crippen molar-refractivity contribution in [1.82, 2.24) is 15.1 Å². The van der Waals surface area contributed by atoms with Crippen LogP contribution in [-0.2, 0) is 28.7 Å². The Kier molecular flexibility index (Phi) is 13.8. The third kappa shape index (κ3) is 9.52. The predicted molar refractivity (Wildman–Crippen MR) is 194 cm³/mol. The van der Waals surface area contributed by atoms with Gasteiger partial charge in [-0.05, 0) is 60.8 Å². The summed E-state index contributed by atoms with van der Waals surface area (Å²) in [5.74, 6) is -3.09. The lowest BCUT2D eigenvalue weighted by molar-refractivity contribution is -0.158. The van der Waals surface area contributed by atoms with E-state index >= 15 is 0 Å². The molecule has 3 rings (SSSR count). The topological polar surface area (TPSA) is 122 Å². The van der Waals surface area contributed by atoms with E-state index in [-0.39, 0.29) is 42.6 Å². The van der Waals surface area contributed by atoms with Crippen LogP contribution >= 0.6 is 0 Å². The Morgan fingerprint density at radius 2 is 1.40 bits per heavy atom. The number of ether oxygens (including phenoxy) is 2. The average molecular weight is 692 g/mol. The third-order valence-electron chi connectivity index (χ3n) is 9.63. The van der Waals surface area contributed by atoms with Crippen LogP contribution in [0.2, 0.25) is 0 Å². The van der Waals surface area contributed by atoms with Crippen LogP contribution in [0, 0.1) is 23.7 Å². The molecular formula is C40H57N3O7. The Morgan fingerprint density at radius 1 is 0.860 bits per heavy atom. The Bertz CT molecular complexity index is 1470.